The van der Waals surface area contributed by atoms with Crippen LogP contribution in [0.25, 0.3) is 0 Å². The zero-order valence-corrected chi connectivity index (χ0v) is 21.0. The number of hydrogen-bond acceptors (Lipinski definition) is 3. The molecule has 0 heterocycles. The Kier molecular flexibility index (Phi) is 31.2. The first-order valence-electron chi connectivity index (χ1n) is 12.2. The van der Waals surface area contributed by atoms with Crippen LogP contribution in [0.1, 0.15) is 113 Å². The molecule has 0 saturated heterocycles. The fourth-order valence-electron chi connectivity index (χ4n) is 2.79. The highest BCUT2D eigenvalue weighted by molar-refractivity contribution is 4.57. The molecule has 0 fully saturated rings. The summed E-state index contributed by atoms with van der Waals surface area (Å²) in [5.74, 6) is 2.50. The molecule has 3 heteroatoms. The molecule has 3 nitrogen and oxygen atoms in total. The number of aliphatic hydroxyl groups excluding tert-OH is 2. The van der Waals surface area contributed by atoms with Crippen molar-refractivity contribution in [1.82, 2.24) is 4.90 Å². The molecule has 0 radical (unpaired) electrons. The third kappa shape index (κ3) is 36.7. The summed E-state index contributed by atoms with van der Waals surface area (Å²) in [5, 5.41) is 17.2. The van der Waals surface area contributed by atoms with E-state index in [1.807, 2.05) is 0 Å². The molecular weight excluding hydrogens is 346 g/mol. The van der Waals surface area contributed by atoms with E-state index in [4.69, 9.17) is 10.2 Å². The molecule has 28 heavy (non-hydrogen) atoms. The lowest BCUT2D eigenvalue weighted by atomic mass is 10.1. The monoisotopic (exact) mass is 403 g/mol. The molecule has 0 saturated carbocycles. The van der Waals surface area contributed by atoms with Crippen LogP contribution in [0.2, 0.25) is 0 Å². The van der Waals surface area contributed by atoms with Gasteiger partial charge in [0.15, 0.2) is 0 Å². The molecule has 0 aromatic heterocycles. The fourth-order valence-corrected chi connectivity index (χ4v) is 2.79. The first kappa shape index (κ1) is 32.5. The van der Waals surface area contributed by atoms with Gasteiger partial charge in [0.2, 0.25) is 0 Å². The topological polar surface area (TPSA) is 43.7 Å². The number of hydrogen-bond donors (Lipinski definition) is 2. The van der Waals surface area contributed by atoms with Crippen molar-refractivity contribution >= 4 is 0 Å². The summed E-state index contributed by atoms with van der Waals surface area (Å²) >= 11 is 0. The van der Waals surface area contributed by atoms with Crippen molar-refractivity contribution in [3.05, 3.63) is 0 Å². The van der Waals surface area contributed by atoms with Gasteiger partial charge >= 0.3 is 0 Å². The Morgan fingerprint density at radius 3 is 1.39 bits per heavy atom. The molecule has 0 aliphatic carbocycles. The Morgan fingerprint density at radius 2 is 1.04 bits per heavy atom. The van der Waals surface area contributed by atoms with E-state index < -0.39 is 0 Å². The summed E-state index contributed by atoms with van der Waals surface area (Å²) in [6.07, 6.45) is 11.3. The Bertz CT molecular complexity index is 249. The molecule has 0 aromatic rings. The standard InChI is InChI=1S/C11H25NO.C7H16O.C7H16/c1-4-7-12(9-10-13)8-5-6-11(2)3;1-7(2)5-3-4-6-8;1-4-5-6-7(2)3/h11,13H,4-10H2,1-3H3;7-8H,3-6H2,1-2H3;7H,4-6H2,1-3H3. The van der Waals surface area contributed by atoms with Crippen LogP contribution < -0.4 is 0 Å². The maximum absolute atomic E-state index is 8.83. The Labute approximate surface area is 179 Å². The molecule has 0 atom stereocenters. The molecule has 0 rings (SSSR count). The van der Waals surface area contributed by atoms with E-state index in [-0.39, 0.29) is 0 Å². The third-order valence-electron chi connectivity index (χ3n) is 4.54. The summed E-state index contributed by atoms with van der Waals surface area (Å²) in [4.78, 5) is 2.35. The second-order valence-corrected chi connectivity index (χ2v) is 9.25. The van der Waals surface area contributed by atoms with E-state index >= 15 is 0 Å². The Balaban J connectivity index is -0.000000359. The van der Waals surface area contributed by atoms with Crippen LogP contribution in [0, 0.1) is 17.8 Å². The number of unbranched alkanes of at least 4 members (excludes halogenated alkanes) is 2. The predicted molar refractivity (Wildman–Crippen MR) is 128 cm³/mol. The van der Waals surface area contributed by atoms with Crippen LogP contribution >= 0.6 is 0 Å². The van der Waals surface area contributed by atoms with Crippen LogP contribution in [0.4, 0.5) is 0 Å². The van der Waals surface area contributed by atoms with Gasteiger partial charge in [-0.25, -0.2) is 0 Å². The summed E-state index contributed by atoms with van der Waals surface area (Å²) in [6, 6.07) is 0. The summed E-state index contributed by atoms with van der Waals surface area (Å²) < 4.78 is 0. The lowest BCUT2D eigenvalue weighted by Gasteiger charge is -2.20. The van der Waals surface area contributed by atoms with E-state index in [0.717, 1.165) is 43.8 Å². The highest BCUT2D eigenvalue weighted by Gasteiger charge is 2.02. The van der Waals surface area contributed by atoms with E-state index in [1.165, 1.54) is 51.4 Å². The third-order valence-corrected chi connectivity index (χ3v) is 4.54. The van der Waals surface area contributed by atoms with Gasteiger partial charge in [-0.2, -0.15) is 0 Å². The molecule has 0 aliphatic heterocycles. The molecular formula is C25H57NO2. The Morgan fingerprint density at radius 1 is 0.536 bits per heavy atom. The SMILES string of the molecule is CC(C)CCCCO.CCCCC(C)C.CCCN(CCO)CCCC(C)C. The highest BCUT2D eigenvalue weighted by Crippen LogP contribution is 2.06. The first-order chi connectivity index (χ1) is 13.2. The summed E-state index contributed by atoms with van der Waals surface area (Å²) in [7, 11) is 0. The first-order valence-corrected chi connectivity index (χ1v) is 12.2. The van der Waals surface area contributed by atoms with Crippen molar-refractivity contribution in [1.29, 1.82) is 0 Å². The minimum Gasteiger partial charge on any atom is -0.396 e. The van der Waals surface area contributed by atoms with Crippen molar-refractivity contribution in [3.8, 4) is 0 Å². The maximum Gasteiger partial charge on any atom is 0.0558 e. The number of aliphatic hydroxyl groups is 2. The normalized spacial score (nSPS) is 10.9. The highest BCUT2D eigenvalue weighted by atomic mass is 16.3. The van der Waals surface area contributed by atoms with Crippen molar-refractivity contribution in [3.63, 3.8) is 0 Å². The average Bonchev–Trinajstić information content (AvgIpc) is 2.61. The lowest BCUT2D eigenvalue weighted by molar-refractivity contribution is 0.192. The summed E-state index contributed by atoms with van der Waals surface area (Å²) in [6.45, 7) is 21.7. The quantitative estimate of drug-likeness (QED) is 0.297. The molecule has 0 unspecified atom stereocenters. The molecule has 2 N–H and O–H groups in total. The minimum absolute atomic E-state index is 0.293. The molecule has 0 aliphatic rings. The van der Waals surface area contributed by atoms with Gasteiger partial charge in [-0.15, -0.1) is 0 Å². The van der Waals surface area contributed by atoms with Crippen molar-refractivity contribution in [2.75, 3.05) is 32.8 Å². The van der Waals surface area contributed by atoms with Crippen LogP contribution in [0.15, 0.2) is 0 Å². The second-order valence-electron chi connectivity index (χ2n) is 9.25. The van der Waals surface area contributed by atoms with E-state index in [9.17, 15) is 0 Å². The zero-order chi connectivity index (χ0) is 22.2. The van der Waals surface area contributed by atoms with Gasteiger partial charge in [0, 0.05) is 13.2 Å². The average molecular weight is 404 g/mol. The van der Waals surface area contributed by atoms with Crippen molar-refractivity contribution < 1.29 is 10.2 Å². The van der Waals surface area contributed by atoms with Crippen molar-refractivity contribution in [2.45, 2.75) is 113 Å². The molecule has 0 amide bonds. The van der Waals surface area contributed by atoms with E-state index in [1.54, 1.807) is 0 Å². The lowest BCUT2D eigenvalue weighted by Crippen LogP contribution is -2.28. The summed E-state index contributed by atoms with van der Waals surface area (Å²) in [5.41, 5.74) is 0. The van der Waals surface area contributed by atoms with Gasteiger partial charge in [0.25, 0.3) is 0 Å². The van der Waals surface area contributed by atoms with Gasteiger partial charge in [0.1, 0.15) is 0 Å². The minimum atomic E-state index is 0.293. The zero-order valence-electron chi connectivity index (χ0n) is 21.0. The molecule has 0 bridgehead atoms. The number of rotatable bonds is 15. The smallest absolute Gasteiger partial charge is 0.0558 e. The van der Waals surface area contributed by atoms with Crippen LogP contribution in [-0.4, -0.2) is 48.0 Å². The number of nitrogens with zero attached hydrogens (tertiary/aromatic N) is 1. The Hall–Kier alpha value is -0.120. The maximum atomic E-state index is 8.83. The second kappa shape index (κ2) is 26.9. The van der Waals surface area contributed by atoms with Gasteiger partial charge in [0.05, 0.1) is 6.61 Å². The van der Waals surface area contributed by atoms with Gasteiger partial charge in [-0.3, -0.25) is 0 Å². The molecule has 0 aromatic carbocycles. The molecule has 0 spiro atoms. The van der Waals surface area contributed by atoms with Crippen LogP contribution in [0.3, 0.4) is 0 Å². The van der Waals surface area contributed by atoms with Gasteiger partial charge in [-0.05, 0) is 56.5 Å². The fraction of sp³-hybridized carbons (Fsp3) is 1.00. The van der Waals surface area contributed by atoms with E-state index in [0.29, 0.717) is 13.2 Å². The largest absolute Gasteiger partial charge is 0.396 e. The van der Waals surface area contributed by atoms with Crippen molar-refractivity contribution in [2.24, 2.45) is 17.8 Å². The van der Waals surface area contributed by atoms with Crippen LogP contribution in [0.5, 0.6) is 0 Å². The van der Waals surface area contributed by atoms with Gasteiger partial charge in [-0.1, -0.05) is 87.5 Å². The van der Waals surface area contributed by atoms with E-state index in [2.05, 4.69) is 60.3 Å². The van der Waals surface area contributed by atoms with Gasteiger partial charge < -0.3 is 15.1 Å². The van der Waals surface area contributed by atoms with Crippen LogP contribution in [-0.2, 0) is 0 Å². The predicted octanol–water partition coefficient (Wildman–Crippen LogP) is 6.76. The molecule has 174 valence electrons.